The van der Waals surface area contributed by atoms with E-state index in [-0.39, 0.29) is 11.9 Å². The van der Waals surface area contributed by atoms with Gasteiger partial charge in [-0.05, 0) is 25.1 Å². The molecule has 1 aromatic heterocycles. The van der Waals surface area contributed by atoms with Gasteiger partial charge in [-0.1, -0.05) is 23.2 Å². The van der Waals surface area contributed by atoms with Gasteiger partial charge in [-0.3, -0.25) is 4.79 Å². The lowest BCUT2D eigenvalue weighted by atomic mass is 10.2. The smallest absolute Gasteiger partial charge is 0.244 e. The number of carbonyl (C=O) groups excluding carboxylic acids is 1. The van der Waals surface area contributed by atoms with Gasteiger partial charge in [0.2, 0.25) is 5.91 Å². The highest BCUT2D eigenvalue weighted by Gasteiger charge is 2.18. The first-order valence-electron chi connectivity index (χ1n) is 5.58. The standard InChI is InChI=1S/C13H14Cl2N2O/c1-8(13(18)16(2)3)17-5-4-10-11(15)6-9(14)7-12(10)17/h4-8H,1-3H3. The summed E-state index contributed by atoms with van der Waals surface area (Å²) >= 11 is 12.1. The Hall–Kier alpha value is -1.19. The van der Waals surface area contributed by atoms with Crippen molar-refractivity contribution in [3.63, 3.8) is 0 Å². The van der Waals surface area contributed by atoms with Crippen LogP contribution in [-0.4, -0.2) is 29.5 Å². The van der Waals surface area contributed by atoms with Gasteiger partial charge in [0.1, 0.15) is 6.04 Å². The quantitative estimate of drug-likeness (QED) is 0.827. The largest absolute Gasteiger partial charge is 0.347 e. The first-order chi connectivity index (χ1) is 8.41. The predicted molar refractivity (Wildman–Crippen MR) is 75.4 cm³/mol. The normalized spacial score (nSPS) is 12.7. The Balaban J connectivity index is 2.56. The third kappa shape index (κ3) is 2.20. The molecule has 96 valence electrons. The summed E-state index contributed by atoms with van der Waals surface area (Å²) in [4.78, 5) is 13.6. The topological polar surface area (TPSA) is 25.2 Å². The molecule has 1 heterocycles. The zero-order chi connectivity index (χ0) is 13.4. The maximum atomic E-state index is 12.0. The van der Waals surface area contributed by atoms with Gasteiger partial charge >= 0.3 is 0 Å². The Morgan fingerprint density at radius 1 is 1.33 bits per heavy atom. The minimum atomic E-state index is -0.285. The Morgan fingerprint density at radius 2 is 2.00 bits per heavy atom. The van der Waals surface area contributed by atoms with Crippen LogP contribution < -0.4 is 0 Å². The summed E-state index contributed by atoms with van der Waals surface area (Å²) in [5.41, 5.74) is 0.871. The Kier molecular flexibility index (Phi) is 3.55. The molecule has 2 rings (SSSR count). The fourth-order valence-electron chi connectivity index (χ4n) is 2.02. The molecule has 1 amide bonds. The van der Waals surface area contributed by atoms with Crippen LogP contribution in [0.1, 0.15) is 13.0 Å². The number of aromatic nitrogens is 1. The molecular formula is C13H14Cl2N2O. The van der Waals surface area contributed by atoms with Gasteiger partial charge in [0.05, 0.1) is 10.5 Å². The number of amides is 1. The second-order valence-corrected chi connectivity index (χ2v) is 5.30. The van der Waals surface area contributed by atoms with Crippen molar-refractivity contribution in [2.24, 2.45) is 0 Å². The van der Waals surface area contributed by atoms with Crippen molar-refractivity contribution in [1.29, 1.82) is 0 Å². The molecule has 0 saturated heterocycles. The SMILES string of the molecule is CC(C(=O)N(C)C)n1ccc2c(Cl)cc(Cl)cc21. The number of hydrogen-bond acceptors (Lipinski definition) is 1. The van der Waals surface area contributed by atoms with Gasteiger partial charge in [-0.15, -0.1) is 0 Å². The van der Waals surface area contributed by atoms with E-state index in [0.29, 0.717) is 10.0 Å². The highest BCUT2D eigenvalue weighted by molar-refractivity contribution is 6.38. The molecule has 0 aliphatic carbocycles. The van der Waals surface area contributed by atoms with Gasteiger partial charge in [0.15, 0.2) is 0 Å². The van der Waals surface area contributed by atoms with Crippen molar-refractivity contribution in [2.45, 2.75) is 13.0 Å². The second-order valence-electron chi connectivity index (χ2n) is 4.45. The van der Waals surface area contributed by atoms with E-state index in [0.717, 1.165) is 10.9 Å². The van der Waals surface area contributed by atoms with Crippen molar-refractivity contribution in [3.8, 4) is 0 Å². The average Bonchev–Trinajstić information content (AvgIpc) is 2.70. The van der Waals surface area contributed by atoms with Crippen molar-refractivity contribution >= 4 is 40.0 Å². The molecule has 0 aliphatic rings. The number of hydrogen-bond donors (Lipinski definition) is 0. The van der Waals surface area contributed by atoms with E-state index in [1.54, 1.807) is 25.1 Å². The predicted octanol–water partition coefficient (Wildman–Crippen LogP) is 3.60. The lowest BCUT2D eigenvalue weighted by Crippen LogP contribution is -2.29. The monoisotopic (exact) mass is 284 g/mol. The maximum Gasteiger partial charge on any atom is 0.244 e. The number of rotatable bonds is 2. The van der Waals surface area contributed by atoms with Crippen LogP contribution in [0.5, 0.6) is 0 Å². The van der Waals surface area contributed by atoms with Gasteiger partial charge in [-0.2, -0.15) is 0 Å². The van der Waals surface area contributed by atoms with Crippen molar-refractivity contribution in [3.05, 3.63) is 34.4 Å². The number of nitrogens with zero attached hydrogens (tertiary/aromatic N) is 2. The summed E-state index contributed by atoms with van der Waals surface area (Å²) in [6, 6.07) is 5.14. The van der Waals surface area contributed by atoms with Crippen LogP contribution in [0.15, 0.2) is 24.4 Å². The van der Waals surface area contributed by atoms with Gasteiger partial charge in [0.25, 0.3) is 0 Å². The fraction of sp³-hybridized carbons (Fsp3) is 0.308. The minimum absolute atomic E-state index is 0.0311. The third-order valence-electron chi connectivity index (χ3n) is 2.97. The summed E-state index contributed by atoms with van der Waals surface area (Å²) < 4.78 is 1.88. The van der Waals surface area contributed by atoms with Gasteiger partial charge in [0, 0.05) is 30.7 Å². The lowest BCUT2D eigenvalue weighted by molar-refractivity contribution is -0.131. The molecule has 0 aliphatic heterocycles. The van der Waals surface area contributed by atoms with E-state index in [1.165, 1.54) is 0 Å². The lowest BCUT2D eigenvalue weighted by Gasteiger charge is -2.19. The summed E-state index contributed by atoms with van der Waals surface area (Å²) in [6.45, 7) is 1.86. The number of benzene rings is 1. The van der Waals surface area contributed by atoms with Crippen LogP contribution in [0.3, 0.4) is 0 Å². The molecule has 0 radical (unpaired) electrons. The molecule has 3 nitrogen and oxygen atoms in total. The fourth-order valence-corrected chi connectivity index (χ4v) is 2.56. The van der Waals surface area contributed by atoms with Gasteiger partial charge in [-0.25, -0.2) is 0 Å². The molecule has 0 saturated carbocycles. The zero-order valence-electron chi connectivity index (χ0n) is 10.4. The molecule has 5 heteroatoms. The highest BCUT2D eigenvalue weighted by atomic mass is 35.5. The van der Waals surface area contributed by atoms with E-state index in [1.807, 2.05) is 29.8 Å². The average molecular weight is 285 g/mol. The molecule has 0 fully saturated rings. The Morgan fingerprint density at radius 3 is 2.61 bits per heavy atom. The first-order valence-corrected chi connectivity index (χ1v) is 6.34. The van der Waals surface area contributed by atoms with E-state index in [2.05, 4.69) is 0 Å². The molecule has 2 aromatic rings. The molecule has 0 spiro atoms. The molecular weight excluding hydrogens is 271 g/mol. The van der Waals surface area contributed by atoms with Crippen LogP contribution in [0.2, 0.25) is 10.0 Å². The van der Waals surface area contributed by atoms with E-state index in [9.17, 15) is 4.79 Å². The first kappa shape index (κ1) is 13.2. The second kappa shape index (κ2) is 4.82. The van der Waals surface area contributed by atoms with Crippen LogP contribution in [0, 0.1) is 0 Å². The Labute approximate surface area is 116 Å². The number of carbonyl (C=O) groups is 1. The minimum Gasteiger partial charge on any atom is -0.347 e. The maximum absolute atomic E-state index is 12.0. The van der Waals surface area contributed by atoms with Crippen molar-refractivity contribution in [2.75, 3.05) is 14.1 Å². The van der Waals surface area contributed by atoms with Crippen molar-refractivity contribution < 1.29 is 4.79 Å². The molecule has 1 atom stereocenters. The summed E-state index contributed by atoms with van der Waals surface area (Å²) in [6.07, 6.45) is 1.86. The summed E-state index contributed by atoms with van der Waals surface area (Å²) in [5, 5.41) is 2.07. The molecule has 0 N–H and O–H groups in total. The van der Waals surface area contributed by atoms with E-state index >= 15 is 0 Å². The Bertz CT molecular complexity index is 604. The summed E-state index contributed by atoms with van der Waals surface area (Å²) in [5.74, 6) is 0.0311. The van der Waals surface area contributed by atoms with Crippen LogP contribution >= 0.6 is 23.2 Å². The van der Waals surface area contributed by atoms with E-state index in [4.69, 9.17) is 23.2 Å². The van der Waals surface area contributed by atoms with Crippen LogP contribution in [-0.2, 0) is 4.79 Å². The molecule has 18 heavy (non-hydrogen) atoms. The third-order valence-corrected chi connectivity index (χ3v) is 3.50. The highest BCUT2D eigenvalue weighted by Crippen LogP contribution is 2.30. The summed E-state index contributed by atoms with van der Waals surface area (Å²) in [7, 11) is 3.48. The van der Waals surface area contributed by atoms with E-state index < -0.39 is 0 Å². The van der Waals surface area contributed by atoms with Crippen LogP contribution in [0.4, 0.5) is 0 Å². The number of halogens is 2. The zero-order valence-corrected chi connectivity index (χ0v) is 12.0. The van der Waals surface area contributed by atoms with Crippen molar-refractivity contribution in [1.82, 2.24) is 9.47 Å². The molecule has 1 aromatic carbocycles. The van der Waals surface area contributed by atoms with Gasteiger partial charge < -0.3 is 9.47 Å². The van der Waals surface area contributed by atoms with Crippen LogP contribution in [0.25, 0.3) is 10.9 Å². The number of likely N-dealkylation sites (N-methyl/N-ethyl adjacent to an activating group) is 1. The molecule has 1 unspecified atom stereocenters. The molecule has 0 bridgehead atoms. The number of fused-ring (bicyclic) bond motifs is 1.